The minimum Gasteiger partial charge on any atom is -0.271 e. The van der Waals surface area contributed by atoms with E-state index in [1.807, 2.05) is 11.3 Å². The summed E-state index contributed by atoms with van der Waals surface area (Å²) < 4.78 is 0. The van der Waals surface area contributed by atoms with Crippen LogP contribution in [-0.4, -0.2) is 6.04 Å². The van der Waals surface area contributed by atoms with E-state index in [9.17, 15) is 0 Å². The van der Waals surface area contributed by atoms with Crippen LogP contribution in [0.3, 0.4) is 0 Å². The van der Waals surface area contributed by atoms with E-state index in [0.29, 0.717) is 11.5 Å². The second-order valence-electron chi connectivity index (χ2n) is 4.86. The summed E-state index contributed by atoms with van der Waals surface area (Å²) in [7, 11) is 0. The molecule has 2 atom stereocenters. The van der Waals surface area contributed by atoms with Crippen LogP contribution in [-0.2, 0) is 6.42 Å². The molecular formula is C11H18N2S. The Hall–Kier alpha value is -0.380. The molecule has 2 unspecified atom stereocenters. The Bertz CT molecular complexity index is 292. The molecule has 2 rings (SSSR count). The van der Waals surface area contributed by atoms with E-state index >= 15 is 0 Å². The number of hydrazine groups is 1. The van der Waals surface area contributed by atoms with Crippen molar-refractivity contribution >= 4 is 11.3 Å². The molecule has 0 amide bonds. The lowest BCUT2D eigenvalue weighted by atomic mass is 10.0. The summed E-state index contributed by atoms with van der Waals surface area (Å²) in [6.07, 6.45) is 2.37. The smallest absolute Gasteiger partial charge is 0.0292 e. The summed E-state index contributed by atoms with van der Waals surface area (Å²) in [4.78, 5) is 1.43. The maximum Gasteiger partial charge on any atom is 0.0292 e. The Morgan fingerprint density at radius 1 is 1.71 bits per heavy atom. The van der Waals surface area contributed by atoms with Crippen LogP contribution in [0.15, 0.2) is 17.5 Å². The number of thiophene rings is 1. The molecule has 0 aliphatic heterocycles. The van der Waals surface area contributed by atoms with Gasteiger partial charge in [-0.15, -0.1) is 11.3 Å². The van der Waals surface area contributed by atoms with E-state index in [2.05, 4.69) is 36.8 Å². The van der Waals surface area contributed by atoms with Gasteiger partial charge in [-0.25, -0.2) is 0 Å². The zero-order valence-corrected chi connectivity index (χ0v) is 9.60. The highest BCUT2D eigenvalue weighted by Crippen LogP contribution is 2.53. The van der Waals surface area contributed by atoms with Crippen molar-refractivity contribution in [1.29, 1.82) is 0 Å². The SMILES string of the molecule is CC1(C)CC1C(Cc1cccs1)NN. The van der Waals surface area contributed by atoms with Gasteiger partial charge in [0, 0.05) is 10.9 Å². The minimum atomic E-state index is 0.448. The minimum absolute atomic E-state index is 0.448. The number of hydrogen-bond acceptors (Lipinski definition) is 3. The van der Waals surface area contributed by atoms with Gasteiger partial charge in [-0.1, -0.05) is 19.9 Å². The monoisotopic (exact) mass is 210 g/mol. The molecule has 1 fully saturated rings. The third-order valence-corrected chi connectivity index (χ3v) is 4.19. The molecular weight excluding hydrogens is 192 g/mol. The van der Waals surface area contributed by atoms with Crippen molar-refractivity contribution in [2.75, 3.05) is 0 Å². The van der Waals surface area contributed by atoms with Crippen molar-refractivity contribution in [3.8, 4) is 0 Å². The van der Waals surface area contributed by atoms with Crippen molar-refractivity contribution in [1.82, 2.24) is 5.43 Å². The molecule has 1 aliphatic carbocycles. The lowest BCUT2D eigenvalue weighted by Crippen LogP contribution is -2.39. The summed E-state index contributed by atoms with van der Waals surface area (Å²) in [6, 6.07) is 4.74. The third kappa shape index (κ3) is 2.00. The second-order valence-corrected chi connectivity index (χ2v) is 5.89. The summed E-state index contributed by atoms with van der Waals surface area (Å²) in [5.41, 5.74) is 3.46. The zero-order chi connectivity index (χ0) is 10.2. The van der Waals surface area contributed by atoms with Crippen LogP contribution in [0.2, 0.25) is 0 Å². The van der Waals surface area contributed by atoms with Crippen LogP contribution in [0, 0.1) is 11.3 Å². The quantitative estimate of drug-likeness (QED) is 0.590. The molecule has 0 bridgehead atoms. The summed E-state index contributed by atoms with van der Waals surface area (Å²) in [6.45, 7) is 4.63. The fourth-order valence-electron chi connectivity index (χ4n) is 2.16. The summed E-state index contributed by atoms with van der Waals surface area (Å²) in [5.74, 6) is 6.35. The molecule has 3 heteroatoms. The van der Waals surface area contributed by atoms with Crippen LogP contribution < -0.4 is 11.3 Å². The maximum atomic E-state index is 5.61. The van der Waals surface area contributed by atoms with Crippen LogP contribution in [0.25, 0.3) is 0 Å². The molecule has 0 radical (unpaired) electrons. The molecule has 1 aliphatic rings. The highest BCUT2D eigenvalue weighted by atomic mass is 32.1. The van der Waals surface area contributed by atoms with E-state index < -0.39 is 0 Å². The van der Waals surface area contributed by atoms with Gasteiger partial charge < -0.3 is 0 Å². The van der Waals surface area contributed by atoms with E-state index in [0.717, 1.165) is 12.3 Å². The molecule has 1 aromatic heterocycles. The van der Waals surface area contributed by atoms with Crippen LogP contribution in [0.5, 0.6) is 0 Å². The van der Waals surface area contributed by atoms with E-state index in [1.54, 1.807) is 0 Å². The molecule has 1 saturated carbocycles. The lowest BCUT2D eigenvalue weighted by molar-refractivity contribution is 0.410. The Balaban J connectivity index is 1.95. The normalized spacial score (nSPS) is 26.1. The predicted octanol–water partition coefficient (Wildman–Crippen LogP) is 2.17. The third-order valence-electron chi connectivity index (χ3n) is 3.29. The van der Waals surface area contributed by atoms with Gasteiger partial charge in [0.05, 0.1) is 0 Å². The van der Waals surface area contributed by atoms with Gasteiger partial charge in [-0.3, -0.25) is 11.3 Å². The Kier molecular flexibility index (Phi) is 2.64. The molecule has 0 saturated heterocycles. The molecule has 1 heterocycles. The standard InChI is InChI=1S/C11H18N2S/c1-11(2)7-9(11)10(13-12)6-8-4-3-5-14-8/h3-5,9-10,13H,6-7,12H2,1-2H3. The van der Waals surface area contributed by atoms with Crippen molar-refractivity contribution in [3.05, 3.63) is 22.4 Å². The van der Waals surface area contributed by atoms with Gasteiger partial charge in [0.2, 0.25) is 0 Å². The van der Waals surface area contributed by atoms with Crippen LogP contribution >= 0.6 is 11.3 Å². The zero-order valence-electron chi connectivity index (χ0n) is 8.79. The predicted molar refractivity (Wildman–Crippen MR) is 61.0 cm³/mol. The van der Waals surface area contributed by atoms with Crippen molar-refractivity contribution in [3.63, 3.8) is 0 Å². The van der Waals surface area contributed by atoms with Gasteiger partial charge >= 0.3 is 0 Å². The van der Waals surface area contributed by atoms with E-state index in [4.69, 9.17) is 5.84 Å². The first-order valence-electron chi connectivity index (χ1n) is 5.12. The number of nitrogens with two attached hydrogens (primary N) is 1. The molecule has 78 valence electrons. The Morgan fingerprint density at radius 3 is 2.86 bits per heavy atom. The fraction of sp³-hybridized carbons (Fsp3) is 0.636. The topological polar surface area (TPSA) is 38.0 Å². The summed E-state index contributed by atoms with van der Waals surface area (Å²) >= 11 is 1.82. The first kappa shape index (κ1) is 10.1. The Morgan fingerprint density at radius 2 is 2.43 bits per heavy atom. The first-order chi connectivity index (χ1) is 6.63. The van der Waals surface area contributed by atoms with Gasteiger partial charge in [-0.05, 0) is 35.6 Å². The van der Waals surface area contributed by atoms with Crippen molar-refractivity contribution < 1.29 is 0 Å². The summed E-state index contributed by atoms with van der Waals surface area (Å²) in [5, 5.41) is 2.13. The van der Waals surface area contributed by atoms with Gasteiger partial charge in [0.15, 0.2) is 0 Å². The van der Waals surface area contributed by atoms with Crippen molar-refractivity contribution in [2.24, 2.45) is 17.2 Å². The van der Waals surface area contributed by atoms with Crippen LogP contribution in [0.1, 0.15) is 25.1 Å². The molecule has 2 nitrogen and oxygen atoms in total. The Labute approximate surface area is 89.5 Å². The molecule has 0 aromatic carbocycles. The number of nitrogens with one attached hydrogen (secondary N) is 1. The lowest BCUT2D eigenvalue weighted by Gasteiger charge is -2.16. The largest absolute Gasteiger partial charge is 0.271 e. The average molecular weight is 210 g/mol. The molecule has 1 aromatic rings. The second kappa shape index (κ2) is 3.65. The first-order valence-corrected chi connectivity index (χ1v) is 6.00. The van der Waals surface area contributed by atoms with Crippen molar-refractivity contribution in [2.45, 2.75) is 32.7 Å². The van der Waals surface area contributed by atoms with Gasteiger partial charge in [0.1, 0.15) is 0 Å². The molecule has 3 N–H and O–H groups in total. The highest BCUT2D eigenvalue weighted by Gasteiger charge is 2.49. The van der Waals surface area contributed by atoms with Gasteiger partial charge in [0.25, 0.3) is 0 Å². The fourth-order valence-corrected chi connectivity index (χ4v) is 2.92. The highest BCUT2D eigenvalue weighted by molar-refractivity contribution is 7.09. The molecule has 0 spiro atoms. The maximum absolute atomic E-state index is 5.61. The average Bonchev–Trinajstić information content (AvgIpc) is 2.62. The van der Waals surface area contributed by atoms with Gasteiger partial charge in [-0.2, -0.15) is 0 Å². The number of hydrogen-bond donors (Lipinski definition) is 2. The molecule has 14 heavy (non-hydrogen) atoms. The van der Waals surface area contributed by atoms with E-state index in [-0.39, 0.29) is 0 Å². The van der Waals surface area contributed by atoms with E-state index in [1.165, 1.54) is 11.3 Å². The van der Waals surface area contributed by atoms with Crippen LogP contribution in [0.4, 0.5) is 0 Å². The number of rotatable bonds is 4.